The summed E-state index contributed by atoms with van der Waals surface area (Å²) in [5.74, 6) is 0. The van der Waals surface area contributed by atoms with E-state index >= 15 is 0 Å². The summed E-state index contributed by atoms with van der Waals surface area (Å²) in [6, 6.07) is 0. The van der Waals surface area contributed by atoms with Crippen LogP contribution in [0.2, 0.25) is 0 Å². The van der Waals surface area contributed by atoms with E-state index in [1.54, 1.807) is 6.92 Å². The first kappa shape index (κ1) is 11.8. The van der Waals surface area contributed by atoms with Gasteiger partial charge in [-0.25, -0.2) is 0 Å². The maximum Gasteiger partial charge on any atom is 0.186 e. The maximum atomic E-state index is 9.43. The average Bonchev–Trinajstić information content (AvgIpc) is 2.46. The summed E-state index contributed by atoms with van der Waals surface area (Å²) < 4.78 is 10.0. The second-order valence-corrected chi connectivity index (χ2v) is 3.16. The second-order valence-electron chi connectivity index (χ2n) is 3.16. The van der Waals surface area contributed by atoms with Crippen molar-refractivity contribution < 1.29 is 29.9 Å². The number of aliphatic hydroxyl groups is 4. The quantitative estimate of drug-likeness (QED) is 0.419. The summed E-state index contributed by atoms with van der Waals surface area (Å²) >= 11 is 0. The molecule has 0 aromatic rings. The van der Waals surface area contributed by atoms with Crippen LogP contribution in [0.5, 0.6) is 0 Å². The Hall–Kier alpha value is -0.240. The van der Waals surface area contributed by atoms with Gasteiger partial charge in [0.1, 0.15) is 24.4 Å². The third-order valence-electron chi connectivity index (χ3n) is 2.15. The highest BCUT2D eigenvalue weighted by Gasteiger charge is 2.46. The zero-order valence-corrected chi connectivity index (χ0v) is 7.91. The normalized spacial score (nSPS) is 40.1. The molecule has 0 aromatic heterocycles. The summed E-state index contributed by atoms with van der Waals surface area (Å²) in [5, 5.41) is 36.7. The molecule has 1 rings (SSSR count). The lowest BCUT2D eigenvalue weighted by Gasteiger charge is -2.18. The van der Waals surface area contributed by atoms with Crippen LogP contribution in [-0.4, -0.2) is 64.3 Å². The van der Waals surface area contributed by atoms with E-state index < -0.39 is 37.3 Å². The molecule has 0 saturated carbocycles. The first-order chi connectivity index (χ1) is 6.61. The van der Waals surface area contributed by atoms with Crippen molar-refractivity contribution in [1.82, 2.24) is 0 Å². The van der Waals surface area contributed by atoms with Crippen molar-refractivity contribution in [3.8, 4) is 0 Å². The van der Waals surface area contributed by atoms with Crippen LogP contribution in [0.3, 0.4) is 0 Å². The lowest BCUT2D eigenvalue weighted by molar-refractivity contribution is -0.178. The minimum atomic E-state index is -1.24. The molecule has 4 N–H and O–H groups in total. The van der Waals surface area contributed by atoms with Gasteiger partial charge in [0, 0.05) is 6.61 Å². The van der Waals surface area contributed by atoms with Gasteiger partial charge in [-0.2, -0.15) is 0 Å². The Kier molecular flexibility index (Phi) is 4.24. The van der Waals surface area contributed by atoms with Crippen LogP contribution in [-0.2, 0) is 9.47 Å². The van der Waals surface area contributed by atoms with Crippen molar-refractivity contribution in [2.45, 2.75) is 37.6 Å². The van der Waals surface area contributed by atoms with E-state index in [0.717, 1.165) is 0 Å². The summed E-state index contributed by atoms with van der Waals surface area (Å²) in [5.41, 5.74) is 0. The average molecular weight is 208 g/mol. The molecule has 0 aliphatic carbocycles. The topological polar surface area (TPSA) is 99.4 Å². The van der Waals surface area contributed by atoms with E-state index in [2.05, 4.69) is 0 Å². The highest BCUT2D eigenvalue weighted by Crippen LogP contribution is 2.24. The Morgan fingerprint density at radius 2 is 2.00 bits per heavy atom. The van der Waals surface area contributed by atoms with Crippen molar-refractivity contribution in [3.63, 3.8) is 0 Å². The first-order valence-corrected chi connectivity index (χ1v) is 4.54. The van der Waals surface area contributed by atoms with Crippen molar-refractivity contribution in [1.29, 1.82) is 0 Å². The highest BCUT2D eigenvalue weighted by molar-refractivity contribution is 4.90. The van der Waals surface area contributed by atoms with Crippen LogP contribution in [0.1, 0.15) is 6.92 Å². The Labute approximate surface area is 81.7 Å². The maximum absolute atomic E-state index is 9.43. The molecule has 1 aliphatic heterocycles. The number of rotatable bonds is 4. The molecule has 84 valence electrons. The number of hydrogen-bond donors (Lipinski definition) is 4. The van der Waals surface area contributed by atoms with Crippen LogP contribution in [0.25, 0.3) is 0 Å². The lowest BCUT2D eigenvalue weighted by atomic mass is 10.1. The van der Waals surface area contributed by atoms with Gasteiger partial charge in [-0.05, 0) is 6.92 Å². The molecule has 0 radical (unpaired) electrons. The molecule has 1 heterocycles. The Bertz CT molecular complexity index is 173. The van der Waals surface area contributed by atoms with Crippen molar-refractivity contribution in [2.24, 2.45) is 0 Å². The zero-order valence-electron chi connectivity index (χ0n) is 7.91. The minimum absolute atomic E-state index is 0.330. The van der Waals surface area contributed by atoms with Gasteiger partial charge < -0.3 is 29.9 Å². The van der Waals surface area contributed by atoms with E-state index in [1.165, 1.54) is 0 Å². The molecule has 1 aliphatic rings. The van der Waals surface area contributed by atoms with Crippen LogP contribution < -0.4 is 0 Å². The summed E-state index contributed by atoms with van der Waals surface area (Å²) in [6.45, 7) is 1.52. The van der Waals surface area contributed by atoms with Crippen LogP contribution >= 0.6 is 0 Å². The van der Waals surface area contributed by atoms with Gasteiger partial charge in [-0.1, -0.05) is 0 Å². The number of hydrogen-bond acceptors (Lipinski definition) is 6. The first-order valence-electron chi connectivity index (χ1n) is 4.54. The van der Waals surface area contributed by atoms with Crippen molar-refractivity contribution in [3.05, 3.63) is 0 Å². The molecule has 0 amide bonds. The van der Waals surface area contributed by atoms with Crippen LogP contribution in [0, 0.1) is 0 Å². The monoisotopic (exact) mass is 208 g/mol. The number of aliphatic hydroxyl groups excluding tert-OH is 4. The standard InChI is InChI=1S/C8H16O6/c1-2-13-8-6(12)5(11)7(14-8)4(10)3-9/h4-12H,2-3H2,1H3/t4?,5-,6?,7+,8?/m0/s1. The van der Waals surface area contributed by atoms with Gasteiger partial charge >= 0.3 is 0 Å². The van der Waals surface area contributed by atoms with E-state index in [9.17, 15) is 15.3 Å². The van der Waals surface area contributed by atoms with Gasteiger partial charge in [0.25, 0.3) is 0 Å². The van der Waals surface area contributed by atoms with Gasteiger partial charge in [0.2, 0.25) is 0 Å². The summed E-state index contributed by atoms with van der Waals surface area (Å²) in [7, 11) is 0. The molecule has 14 heavy (non-hydrogen) atoms. The molecule has 0 aromatic carbocycles. The lowest BCUT2D eigenvalue weighted by Crippen LogP contribution is -2.40. The van der Waals surface area contributed by atoms with E-state index in [0.29, 0.717) is 6.61 Å². The van der Waals surface area contributed by atoms with Gasteiger partial charge in [0.05, 0.1) is 6.61 Å². The Morgan fingerprint density at radius 1 is 1.36 bits per heavy atom. The fourth-order valence-electron chi connectivity index (χ4n) is 1.40. The fraction of sp³-hybridized carbons (Fsp3) is 1.00. The van der Waals surface area contributed by atoms with E-state index in [1.807, 2.05) is 0 Å². The Morgan fingerprint density at radius 3 is 2.50 bits per heavy atom. The van der Waals surface area contributed by atoms with E-state index in [4.69, 9.17) is 14.6 Å². The van der Waals surface area contributed by atoms with E-state index in [-0.39, 0.29) is 0 Å². The molecule has 6 heteroatoms. The van der Waals surface area contributed by atoms with Crippen LogP contribution in [0.15, 0.2) is 0 Å². The highest BCUT2D eigenvalue weighted by atomic mass is 16.7. The molecule has 6 nitrogen and oxygen atoms in total. The molecule has 3 unspecified atom stereocenters. The molecule has 1 fully saturated rings. The molecule has 5 atom stereocenters. The minimum Gasteiger partial charge on any atom is -0.394 e. The third-order valence-corrected chi connectivity index (χ3v) is 2.15. The number of ether oxygens (including phenoxy) is 2. The largest absolute Gasteiger partial charge is 0.394 e. The predicted molar refractivity (Wildman–Crippen MR) is 45.4 cm³/mol. The zero-order chi connectivity index (χ0) is 10.7. The van der Waals surface area contributed by atoms with Gasteiger partial charge in [-0.15, -0.1) is 0 Å². The molecule has 0 bridgehead atoms. The smallest absolute Gasteiger partial charge is 0.186 e. The van der Waals surface area contributed by atoms with Gasteiger partial charge in [0.15, 0.2) is 6.29 Å². The van der Waals surface area contributed by atoms with Crippen LogP contribution in [0.4, 0.5) is 0 Å². The summed E-state index contributed by atoms with van der Waals surface area (Å²) in [6.07, 6.45) is -5.60. The molecular weight excluding hydrogens is 192 g/mol. The fourth-order valence-corrected chi connectivity index (χ4v) is 1.40. The SMILES string of the molecule is CCOC1O[C@H](C(O)CO)[C@@H](O)C1O. The second kappa shape index (κ2) is 5.01. The molecule has 0 spiro atoms. The van der Waals surface area contributed by atoms with Crippen molar-refractivity contribution in [2.75, 3.05) is 13.2 Å². The van der Waals surface area contributed by atoms with Gasteiger partial charge in [-0.3, -0.25) is 0 Å². The predicted octanol–water partition coefficient (Wildman–Crippen LogP) is -2.18. The Balaban J connectivity index is 2.57. The van der Waals surface area contributed by atoms with Crippen molar-refractivity contribution >= 4 is 0 Å². The summed E-state index contributed by atoms with van der Waals surface area (Å²) in [4.78, 5) is 0. The third kappa shape index (κ3) is 2.22. The molecule has 1 saturated heterocycles. The molecular formula is C8H16O6.